The number of nitrogens with zero attached hydrogens (tertiary/aromatic N) is 6. The minimum atomic E-state index is -5.21. The number of benzene rings is 4. The highest BCUT2D eigenvalue weighted by Gasteiger charge is 2.59. The molecule has 6 aromatic rings. The van der Waals surface area contributed by atoms with Crippen molar-refractivity contribution in [2.24, 2.45) is 0 Å². The number of imide groups is 1. The zero-order valence-corrected chi connectivity index (χ0v) is 37.4. The highest BCUT2D eigenvalue weighted by Crippen LogP contribution is 2.42. The van der Waals surface area contributed by atoms with Gasteiger partial charge >= 0.3 is 18.2 Å². The molecule has 352 valence electrons. The summed E-state index contributed by atoms with van der Waals surface area (Å²) >= 11 is 0. The van der Waals surface area contributed by atoms with Crippen LogP contribution in [-0.4, -0.2) is 103 Å². The molecule has 3 heterocycles. The number of phenols is 1. The van der Waals surface area contributed by atoms with E-state index in [0.29, 0.717) is 45.9 Å². The predicted molar refractivity (Wildman–Crippen MR) is 239 cm³/mol. The number of piperazine rings is 1. The predicted octanol–water partition coefficient (Wildman–Crippen LogP) is 6.84. The second-order valence-corrected chi connectivity index (χ2v) is 17.1. The van der Waals surface area contributed by atoms with Crippen LogP contribution in [0.1, 0.15) is 57.6 Å². The number of carbonyl (C=O) groups excluding carboxylic acids is 3. The molecule has 0 radical (unpaired) electrons. The maximum Gasteiger partial charge on any atom is 0.471 e. The molecule has 0 atom stereocenters. The minimum absolute atomic E-state index is 0.0682. The number of carbonyl (C=O) groups is 3. The van der Waals surface area contributed by atoms with Gasteiger partial charge in [0.05, 0.1) is 67.9 Å². The van der Waals surface area contributed by atoms with Crippen molar-refractivity contribution in [3.8, 4) is 23.0 Å². The summed E-state index contributed by atoms with van der Waals surface area (Å²) in [5, 5.41) is 10.5. The van der Waals surface area contributed by atoms with Gasteiger partial charge in [-0.25, -0.2) is 19.7 Å². The van der Waals surface area contributed by atoms with Gasteiger partial charge in [0.25, 0.3) is 17.0 Å². The second-order valence-electron chi connectivity index (χ2n) is 17.1. The summed E-state index contributed by atoms with van der Waals surface area (Å²) in [5.74, 6) is -2.31. The second kappa shape index (κ2) is 19.2. The van der Waals surface area contributed by atoms with Crippen LogP contribution in [0.4, 0.5) is 18.0 Å². The molecule has 2 aliphatic rings. The molecule has 19 heteroatoms. The van der Waals surface area contributed by atoms with Gasteiger partial charge in [-0.05, 0) is 69.7 Å². The molecule has 2 fully saturated rings. The fourth-order valence-electron chi connectivity index (χ4n) is 8.21. The molecular weight excluding hydrogens is 878 g/mol. The Morgan fingerprint density at radius 2 is 1.24 bits per heavy atom. The van der Waals surface area contributed by atoms with Crippen molar-refractivity contribution >= 4 is 39.7 Å². The van der Waals surface area contributed by atoms with Gasteiger partial charge in [0.1, 0.15) is 11.1 Å². The number of rotatable bonds is 8. The van der Waals surface area contributed by atoms with Crippen LogP contribution >= 0.6 is 0 Å². The number of hydrogen-bond donors (Lipinski definition) is 1. The maximum absolute atomic E-state index is 13.7. The van der Waals surface area contributed by atoms with E-state index in [1.54, 1.807) is 32.9 Å². The Morgan fingerprint density at radius 3 is 1.73 bits per heavy atom. The Morgan fingerprint density at radius 1 is 0.731 bits per heavy atom. The van der Waals surface area contributed by atoms with Crippen LogP contribution in [0, 0.1) is 0 Å². The number of amides is 3. The smallest absolute Gasteiger partial charge is 0.471 e. The third kappa shape index (κ3) is 10.3. The molecule has 1 N–H and O–H groups in total. The van der Waals surface area contributed by atoms with E-state index in [2.05, 4.69) is 9.97 Å². The van der Waals surface area contributed by atoms with Crippen LogP contribution in [0.3, 0.4) is 0 Å². The SMILES string of the molecule is COc1cc2ncn(Cc3ccccc3)c(=O)c2cc1O.COc1cc2ncn(Cc3ccccc3)c(=O)c2cc1OC1CCC2(CC1)C(=O)N(C(=O)OC(C)(C)C)CCN2C(=O)C(F)(F)F. The summed E-state index contributed by atoms with van der Waals surface area (Å²) in [5.41, 5.74) is -0.553. The van der Waals surface area contributed by atoms with Crippen molar-refractivity contribution in [1.82, 2.24) is 28.9 Å². The van der Waals surface area contributed by atoms with Gasteiger partial charge in [-0.15, -0.1) is 0 Å². The third-order valence-electron chi connectivity index (χ3n) is 11.5. The molecule has 1 saturated heterocycles. The Bertz CT molecular complexity index is 2910. The molecule has 8 rings (SSSR count). The zero-order valence-electron chi connectivity index (χ0n) is 37.4. The molecule has 3 amide bonds. The third-order valence-corrected chi connectivity index (χ3v) is 11.5. The average molecular weight is 927 g/mol. The van der Waals surface area contributed by atoms with Gasteiger partial charge in [0.2, 0.25) is 0 Å². The monoisotopic (exact) mass is 926 g/mol. The minimum Gasteiger partial charge on any atom is -0.504 e. The number of aromatic nitrogens is 4. The van der Waals surface area contributed by atoms with Crippen molar-refractivity contribution < 1.29 is 51.6 Å². The summed E-state index contributed by atoms with van der Waals surface area (Å²) < 4.78 is 66.0. The first-order chi connectivity index (χ1) is 31.8. The highest BCUT2D eigenvalue weighted by molar-refractivity contribution is 6.01. The number of fused-ring (bicyclic) bond motifs is 2. The van der Waals surface area contributed by atoms with E-state index in [1.807, 2.05) is 60.7 Å². The van der Waals surface area contributed by atoms with Crippen molar-refractivity contribution in [3.05, 3.63) is 129 Å². The quantitative estimate of drug-likeness (QED) is 0.168. The van der Waals surface area contributed by atoms with Crippen LogP contribution in [0.2, 0.25) is 0 Å². The number of ether oxygens (including phenoxy) is 4. The lowest BCUT2D eigenvalue weighted by Crippen LogP contribution is -2.71. The van der Waals surface area contributed by atoms with Gasteiger partial charge in [-0.1, -0.05) is 60.7 Å². The van der Waals surface area contributed by atoms with Gasteiger partial charge in [0.15, 0.2) is 23.0 Å². The number of phenolic OH excluding ortho intramolecular Hbond substituents is 1. The van der Waals surface area contributed by atoms with Gasteiger partial charge in [-0.2, -0.15) is 13.2 Å². The van der Waals surface area contributed by atoms with E-state index in [9.17, 15) is 42.3 Å². The Hall–Kier alpha value is -7.44. The van der Waals surface area contributed by atoms with Crippen molar-refractivity contribution in [2.45, 2.75) is 83.0 Å². The standard InChI is InChI=1S/C32H35F3N4O7.C16H14N2O3/c1-30(2,3)46-29(43)38-14-15-39(28(42)32(33,34)35)31(27(38)41)12-10-21(11-13-31)45-25-16-22-23(17-24(25)44-4)36-19-37(26(22)40)18-20-8-6-5-7-9-20;1-21-15-8-13-12(7-14(15)19)16(20)18(10-17-13)9-11-5-3-2-4-6-11/h5-9,16-17,19,21H,10-15,18H2,1-4H3;2-8,10,19H,9H2,1H3. The fraction of sp³-hybridized carbons (Fsp3) is 0.354. The molecule has 0 bridgehead atoms. The molecular formula is C48H49F3N6O10. The number of methoxy groups -OCH3 is 2. The molecule has 4 aromatic carbocycles. The number of halogens is 3. The van der Waals surface area contributed by atoms with Crippen LogP contribution in [-0.2, 0) is 27.4 Å². The van der Waals surface area contributed by atoms with Crippen molar-refractivity contribution in [2.75, 3.05) is 27.3 Å². The van der Waals surface area contributed by atoms with E-state index in [1.165, 1.54) is 48.1 Å². The van der Waals surface area contributed by atoms with E-state index in [-0.39, 0.29) is 53.7 Å². The molecule has 1 aliphatic carbocycles. The number of alkyl halides is 3. The normalized spacial score (nSPS) is 17.5. The summed E-state index contributed by atoms with van der Waals surface area (Å²) in [7, 11) is 2.88. The van der Waals surface area contributed by atoms with Crippen LogP contribution in [0.25, 0.3) is 21.8 Å². The lowest BCUT2D eigenvalue weighted by Gasteiger charge is -2.51. The lowest BCUT2D eigenvalue weighted by atomic mass is 9.76. The first-order valence-electron chi connectivity index (χ1n) is 21.3. The van der Waals surface area contributed by atoms with Crippen molar-refractivity contribution in [1.29, 1.82) is 0 Å². The largest absolute Gasteiger partial charge is 0.504 e. The van der Waals surface area contributed by atoms with Crippen LogP contribution in [0.5, 0.6) is 23.0 Å². The maximum atomic E-state index is 13.7. The average Bonchev–Trinajstić information content (AvgIpc) is 3.29. The Balaban J connectivity index is 0.000000263. The molecule has 2 aromatic heterocycles. The first kappa shape index (κ1) is 47.5. The van der Waals surface area contributed by atoms with E-state index < -0.39 is 54.4 Å². The molecule has 1 aliphatic heterocycles. The van der Waals surface area contributed by atoms with Gasteiger partial charge in [-0.3, -0.25) is 28.3 Å². The van der Waals surface area contributed by atoms with E-state index in [4.69, 9.17) is 18.9 Å². The molecule has 1 saturated carbocycles. The summed E-state index contributed by atoms with van der Waals surface area (Å²) in [6.07, 6.45) is -4.09. The summed E-state index contributed by atoms with van der Waals surface area (Å²) in [4.78, 5) is 75.0. The molecule has 16 nitrogen and oxygen atoms in total. The fourth-order valence-corrected chi connectivity index (χ4v) is 8.21. The lowest BCUT2D eigenvalue weighted by molar-refractivity contribution is -0.199. The molecule has 1 spiro atoms. The Kier molecular flexibility index (Phi) is 13.6. The van der Waals surface area contributed by atoms with Crippen LogP contribution < -0.4 is 25.3 Å². The first-order valence-corrected chi connectivity index (χ1v) is 21.3. The topological polar surface area (TPSA) is 185 Å². The van der Waals surface area contributed by atoms with E-state index >= 15 is 0 Å². The van der Waals surface area contributed by atoms with Crippen molar-refractivity contribution in [3.63, 3.8) is 0 Å². The molecule has 67 heavy (non-hydrogen) atoms. The molecule has 0 unspecified atom stereocenters. The highest BCUT2D eigenvalue weighted by atomic mass is 19.4. The van der Waals surface area contributed by atoms with Gasteiger partial charge < -0.3 is 29.0 Å². The summed E-state index contributed by atoms with van der Waals surface area (Å²) in [6, 6.07) is 25.1. The summed E-state index contributed by atoms with van der Waals surface area (Å²) in [6.45, 7) is 4.63. The van der Waals surface area contributed by atoms with E-state index in [0.717, 1.165) is 16.0 Å². The number of hydrogen-bond acceptors (Lipinski definition) is 12. The number of aromatic hydroxyl groups is 1. The van der Waals surface area contributed by atoms with Gasteiger partial charge in [0, 0.05) is 25.2 Å². The van der Waals surface area contributed by atoms with Crippen LogP contribution in [0.15, 0.2) is 107 Å². The Labute approximate surface area is 382 Å². The zero-order chi connectivity index (χ0) is 48.3.